The van der Waals surface area contributed by atoms with Crippen molar-refractivity contribution in [1.82, 2.24) is 4.31 Å². The van der Waals surface area contributed by atoms with Crippen LogP contribution in [0.2, 0.25) is 0 Å². The monoisotopic (exact) mass is 484 g/mol. The summed E-state index contributed by atoms with van der Waals surface area (Å²) in [5.41, 5.74) is 6.40. The summed E-state index contributed by atoms with van der Waals surface area (Å²) in [5, 5.41) is 9.04. The second-order valence-electron chi connectivity index (χ2n) is 8.44. The van der Waals surface area contributed by atoms with E-state index in [4.69, 9.17) is 15.6 Å². The van der Waals surface area contributed by atoms with E-state index < -0.39 is 33.5 Å². The molecule has 0 saturated carbocycles. The highest BCUT2D eigenvalue weighted by Gasteiger charge is 2.52. The molecule has 3 N–H and O–H groups in total. The number of aliphatic carboxylic acids is 1. The molecule has 1 atom stereocenters. The predicted octanol–water partition coefficient (Wildman–Crippen LogP) is 3.07. The third-order valence-corrected chi connectivity index (χ3v) is 7.72. The fourth-order valence-corrected chi connectivity index (χ4v) is 5.53. The summed E-state index contributed by atoms with van der Waals surface area (Å²) in [6.07, 6.45) is 0.00868. The second kappa shape index (κ2) is 9.17. The summed E-state index contributed by atoms with van der Waals surface area (Å²) in [6, 6.07) is 18.8. The van der Waals surface area contributed by atoms with E-state index in [9.17, 15) is 17.6 Å². The molecule has 0 radical (unpaired) electrons. The molecule has 0 aliphatic carbocycles. The van der Waals surface area contributed by atoms with Crippen molar-refractivity contribution >= 4 is 16.0 Å². The van der Waals surface area contributed by atoms with E-state index in [0.717, 1.165) is 5.56 Å². The maximum Gasteiger partial charge on any atom is 0.320 e. The van der Waals surface area contributed by atoms with Crippen LogP contribution in [0.15, 0.2) is 77.7 Å². The first-order chi connectivity index (χ1) is 16.1. The number of carboxylic acids is 1. The van der Waals surface area contributed by atoms with E-state index >= 15 is 0 Å². The number of halogens is 1. The molecular weight excluding hydrogens is 459 g/mol. The molecule has 0 amide bonds. The summed E-state index contributed by atoms with van der Waals surface area (Å²) < 4.78 is 48.2. The Morgan fingerprint density at radius 1 is 1.12 bits per heavy atom. The number of benzene rings is 3. The van der Waals surface area contributed by atoms with Crippen LogP contribution in [0.25, 0.3) is 0 Å². The normalized spacial score (nSPS) is 16.4. The zero-order valence-electron chi connectivity index (χ0n) is 18.5. The molecule has 0 aromatic heterocycles. The number of carbonyl (C=O) groups is 1. The van der Waals surface area contributed by atoms with Crippen LogP contribution < -0.4 is 10.5 Å². The SMILES string of the molecule is Cc1ccc(OC2(c3ccccc3)CN(S(=O)(=O)c3cccc(C[C@H](N)C(=O)O)c3)C2)cc1F. The van der Waals surface area contributed by atoms with Crippen molar-refractivity contribution in [2.75, 3.05) is 13.1 Å². The van der Waals surface area contributed by atoms with Gasteiger partial charge in [-0.3, -0.25) is 4.79 Å². The summed E-state index contributed by atoms with van der Waals surface area (Å²) in [4.78, 5) is 11.1. The molecule has 1 heterocycles. The number of carboxylic acid groups (broad SMARTS) is 1. The molecule has 0 spiro atoms. The number of nitrogens with zero attached hydrogens (tertiary/aromatic N) is 1. The van der Waals surface area contributed by atoms with E-state index in [0.29, 0.717) is 16.9 Å². The highest BCUT2D eigenvalue weighted by Crippen LogP contribution is 2.40. The van der Waals surface area contributed by atoms with Gasteiger partial charge in [-0.25, -0.2) is 12.8 Å². The van der Waals surface area contributed by atoms with Crippen LogP contribution in [0.4, 0.5) is 4.39 Å². The lowest BCUT2D eigenvalue weighted by atomic mass is 9.87. The van der Waals surface area contributed by atoms with Gasteiger partial charge in [0.25, 0.3) is 0 Å². The molecule has 1 aliphatic rings. The quantitative estimate of drug-likeness (QED) is 0.509. The van der Waals surface area contributed by atoms with E-state index in [1.54, 1.807) is 31.2 Å². The average Bonchev–Trinajstić information content (AvgIpc) is 2.79. The maximum absolute atomic E-state index is 14.1. The van der Waals surface area contributed by atoms with Gasteiger partial charge in [-0.15, -0.1) is 0 Å². The second-order valence-corrected chi connectivity index (χ2v) is 10.4. The summed E-state index contributed by atoms with van der Waals surface area (Å²) in [7, 11) is -3.88. The van der Waals surface area contributed by atoms with Gasteiger partial charge in [0.05, 0.1) is 18.0 Å². The summed E-state index contributed by atoms with van der Waals surface area (Å²) >= 11 is 0. The van der Waals surface area contributed by atoms with Gasteiger partial charge in [-0.2, -0.15) is 4.31 Å². The predicted molar refractivity (Wildman–Crippen MR) is 124 cm³/mol. The zero-order valence-corrected chi connectivity index (χ0v) is 19.3. The number of sulfonamides is 1. The van der Waals surface area contributed by atoms with Gasteiger partial charge in [0.1, 0.15) is 17.6 Å². The van der Waals surface area contributed by atoms with Gasteiger partial charge in [0, 0.05) is 6.07 Å². The number of hydrogen-bond donors (Lipinski definition) is 2. The summed E-state index contributed by atoms with van der Waals surface area (Å²) in [5.74, 6) is -1.25. The van der Waals surface area contributed by atoms with Crippen molar-refractivity contribution in [3.05, 3.63) is 95.3 Å². The van der Waals surface area contributed by atoms with Crippen molar-refractivity contribution in [2.24, 2.45) is 5.73 Å². The minimum Gasteiger partial charge on any atom is -0.480 e. The topological polar surface area (TPSA) is 110 Å². The Balaban J connectivity index is 1.60. The van der Waals surface area contributed by atoms with Crippen LogP contribution in [0.1, 0.15) is 16.7 Å². The van der Waals surface area contributed by atoms with Crippen molar-refractivity contribution in [3.63, 3.8) is 0 Å². The maximum atomic E-state index is 14.1. The Kier molecular flexibility index (Phi) is 6.44. The third kappa shape index (κ3) is 4.68. The Hall–Kier alpha value is -3.27. The molecular formula is C25H25FN2O5S. The number of ether oxygens (including phenoxy) is 1. The average molecular weight is 485 g/mol. The van der Waals surface area contributed by atoms with Crippen LogP contribution >= 0.6 is 0 Å². The molecule has 1 fully saturated rings. The molecule has 3 aromatic carbocycles. The first-order valence-corrected chi connectivity index (χ1v) is 12.1. The summed E-state index contributed by atoms with van der Waals surface area (Å²) in [6.45, 7) is 1.72. The van der Waals surface area contributed by atoms with Gasteiger partial charge in [-0.1, -0.05) is 48.5 Å². The molecule has 7 nitrogen and oxygen atoms in total. The molecule has 178 valence electrons. The standard InChI is InChI=1S/C25H25FN2O5S/c1-17-10-11-20(14-22(17)26)33-25(19-7-3-2-4-8-19)15-28(16-25)34(31,32)21-9-5-6-18(12-21)13-23(27)24(29)30/h2-12,14,23H,13,15-16,27H2,1H3,(H,29,30)/t23-/m0/s1. The van der Waals surface area contributed by atoms with E-state index in [1.165, 1.54) is 22.5 Å². The van der Waals surface area contributed by atoms with E-state index in [-0.39, 0.29) is 24.4 Å². The van der Waals surface area contributed by atoms with E-state index in [1.807, 2.05) is 30.3 Å². The third-order valence-electron chi connectivity index (χ3n) is 5.93. The van der Waals surface area contributed by atoms with Crippen LogP contribution in [-0.4, -0.2) is 42.9 Å². The highest BCUT2D eigenvalue weighted by molar-refractivity contribution is 7.89. The van der Waals surface area contributed by atoms with Crippen LogP contribution in [0.3, 0.4) is 0 Å². The Morgan fingerprint density at radius 3 is 2.47 bits per heavy atom. The lowest BCUT2D eigenvalue weighted by molar-refractivity contribution is -0.138. The smallest absolute Gasteiger partial charge is 0.320 e. The molecule has 3 aromatic rings. The minimum absolute atomic E-state index is 0.00868. The number of nitrogens with two attached hydrogens (primary N) is 1. The molecule has 0 bridgehead atoms. The fraction of sp³-hybridized carbons (Fsp3) is 0.240. The van der Waals surface area contributed by atoms with Gasteiger partial charge in [-0.05, 0) is 48.2 Å². The zero-order chi connectivity index (χ0) is 24.5. The molecule has 1 saturated heterocycles. The van der Waals surface area contributed by atoms with Crippen LogP contribution in [-0.2, 0) is 26.8 Å². The van der Waals surface area contributed by atoms with Crippen molar-refractivity contribution in [2.45, 2.75) is 29.9 Å². The minimum atomic E-state index is -3.88. The lowest BCUT2D eigenvalue weighted by Crippen LogP contribution is -2.64. The molecule has 4 rings (SSSR count). The molecule has 34 heavy (non-hydrogen) atoms. The number of hydrogen-bond acceptors (Lipinski definition) is 5. The Labute approximate surface area is 197 Å². The lowest BCUT2D eigenvalue weighted by Gasteiger charge is -2.48. The van der Waals surface area contributed by atoms with Crippen molar-refractivity contribution in [3.8, 4) is 5.75 Å². The van der Waals surface area contributed by atoms with Crippen molar-refractivity contribution < 1.29 is 27.4 Å². The fourth-order valence-electron chi connectivity index (χ4n) is 3.93. The molecule has 9 heteroatoms. The first kappa shape index (κ1) is 23.9. The Bertz CT molecular complexity index is 1310. The number of rotatable bonds is 8. The van der Waals surface area contributed by atoms with Crippen LogP contribution in [0.5, 0.6) is 5.75 Å². The van der Waals surface area contributed by atoms with E-state index in [2.05, 4.69) is 0 Å². The number of aryl methyl sites for hydroxylation is 1. The van der Waals surface area contributed by atoms with Crippen LogP contribution in [0, 0.1) is 12.7 Å². The van der Waals surface area contributed by atoms with Gasteiger partial charge < -0.3 is 15.6 Å². The molecule has 0 unspecified atom stereocenters. The van der Waals surface area contributed by atoms with Crippen molar-refractivity contribution in [1.29, 1.82) is 0 Å². The highest BCUT2D eigenvalue weighted by atomic mass is 32.2. The molecule has 1 aliphatic heterocycles. The largest absolute Gasteiger partial charge is 0.480 e. The first-order valence-electron chi connectivity index (χ1n) is 10.7. The van der Waals surface area contributed by atoms with Gasteiger partial charge in [0.2, 0.25) is 10.0 Å². The Morgan fingerprint density at radius 2 is 1.82 bits per heavy atom. The van der Waals surface area contributed by atoms with Gasteiger partial charge >= 0.3 is 5.97 Å². The van der Waals surface area contributed by atoms with Gasteiger partial charge in [0.15, 0.2) is 5.60 Å².